The second-order valence-electron chi connectivity index (χ2n) is 6.92. The van der Waals surface area contributed by atoms with Crippen LogP contribution >= 0.6 is 12.4 Å². The Kier molecular flexibility index (Phi) is 8.47. The SMILES string of the molecule is Cl.OCCCCC1CCN(C(c2ccccc2)c2ccccc2)CC1. The van der Waals surface area contributed by atoms with Crippen LogP contribution in [0.25, 0.3) is 0 Å². The Morgan fingerprint density at radius 1 is 0.840 bits per heavy atom. The van der Waals surface area contributed by atoms with Gasteiger partial charge in [0, 0.05) is 6.61 Å². The minimum absolute atomic E-state index is 0. The largest absolute Gasteiger partial charge is 0.396 e. The summed E-state index contributed by atoms with van der Waals surface area (Å²) in [6.07, 6.45) is 5.96. The normalized spacial score (nSPS) is 15.9. The van der Waals surface area contributed by atoms with E-state index in [4.69, 9.17) is 5.11 Å². The van der Waals surface area contributed by atoms with E-state index in [9.17, 15) is 0 Å². The molecule has 25 heavy (non-hydrogen) atoms. The third kappa shape index (κ3) is 5.57. The lowest BCUT2D eigenvalue weighted by atomic mass is 9.88. The molecule has 0 aliphatic carbocycles. The van der Waals surface area contributed by atoms with Crippen molar-refractivity contribution in [1.82, 2.24) is 4.90 Å². The van der Waals surface area contributed by atoms with Crippen molar-refractivity contribution in [3.8, 4) is 0 Å². The van der Waals surface area contributed by atoms with Crippen LogP contribution in [0.15, 0.2) is 60.7 Å². The summed E-state index contributed by atoms with van der Waals surface area (Å²) in [7, 11) is 0. The highest BCUT2D eigenvalue weighted by Gasteiger charge is 2.26. The van der Waals surface area contributed by atoms with Crippen molar-refractivity contribution in [2.45, 2.75) is 38.1 Å². The summed E-state index contributed by atoms with van der Waals surface area (Å²) in [6.45, 7) is 2.67. The molecule has 1 aliphatic rings. The number of aliphatic hydroxyl groups is 1. The van der Waals surface area contributed by atoms with Crippen LogP contribution in [-0.4, -0.2) is 29.7 Å². The molecule has 0 saturated carbocycles. The van der Waals surface area contributed by atoms with Gasteiger partial charge in [-0.05, 0) is 49.4 Å². The van der Waals surface area contributed by atoms with Gasteiger partial charge in [0.15, 0.2) is 0 Å². The number of unbranched alkanes of at least 4 members (excludes halogenated alkanes) is 1. The molecule has 0 unspecified atom stereocenters. The van der Waals surface area contributed by atoms with E-state index < -0.39 is 0 Å². The van der Waals surface area contributed by atoms with Gasteiger partial charge in [0.2, 0.25) is 0 Å². The monoisotopic (exact) mass is 359 g/mol. The number of hydrogen-bond donors (Lipinski definition) is 1. The van der Waals surface area contributed by atoms with Crippen molar-refractivity contribution in [3.63, 3.8) is 0 Å². The van der Waals surface area contributed by atoms with Crippen LogP contribution < -0.4 is 0 Å². The molecule has 3 heteroatoms. The fraction of sp³-hybridized carbons (Fsp3) is 0.455. The Morgan fingerprint density at radius 3 is 1.84 bits per heavy atom. The summed E-state index contributed by atoms with van der Waals surface area (Å²) < 4.78 is 0. The Labute approximate surface area is 158 Å². The van der Waals surface area contributed by atoms with E-state index in [0.29, 0.717) is 12.6 Å². The smallest absolute Gasteiger partial charge is 0.0601 e. The fourth-order valence-electron chi connectivity index (χ4n) is 3.93. The molecular formula is C22H30ClNO. The van der Waals surface area contributed by atoms with Crippen LogP contribution in [0.5, 0.6) is 0 Å². The molecule has 1 N–H and O–H groups in total. The molecule has 0 amide bonds. The summed E-state index contributed by atoms with van der Waals surface area (Å²) in [5.41, 5.74) is 2.78. The molecular weight excluding hydrogens is 330 g/mol. The molecule has 3 rings (SSSR count). The maximum atomic E-state index is 8.95. The van der Waals surface area contributed by atoms with Gasteiger partial charge in [0.1, 0.15) is 0 Å². The summed E-state index contributed by atoms with van der Waals surface area (Å²) >= 11 is 0. The van der Waals surface area contributed by atoms with Crippen LogP contribution in [0, 0.1) is 5.92 Å². The lowest BCUT2D eigenvalue weighted by molar-refractivity contribution is 0.144. The zero-order valence-corrected chi connectivity index (χ0v) is 15.7. The first-order valence-corrected chi connectivity index (χ1v) is 9.33. The molecule has 0 radical (unpaired) electrons. The topological polar surface area (TPSA) is 23.5 Å². The number of halogens is 1. The van der Waals surface area contributed by atoms with E-state index in [2.05, 4.69) is 65.6 Å². The zero-order valence-electron chi connectivity index (χ0n) is 14.9. The molecule has 0 spiro atoms. The minimum atomic E-state index is 0. The standard InChI is InChI=1S/C22H29NO.ClH/c24-18-8-7-9-19-14-16-23(17-15-19)22(20-10-3-1-4-11-20)21-12-5-2-6-13-21;/h1-6,10-13,19,22,24H,7-9,14-18H2;1H. The minimum Gasteiger partial charge on any atom is -0.396 e. The van der Waals surface area contributed by atoms with Gasteiger partial charge in [-0.3, -0.25) is 4.90 Å². The Morgan fingerprint density at radius 2 is 1.36 bits per heavy atom. The first-order chi connectivity index (χ1) is 11.9. The fourth-order valence-corrected chi connectivity index (χ4v) is 3.93. The highest BCUT2D eigenvalue weighted by Crippen LogP contribution is 2.33. The van der Waals surface area contributed by atoms with Gasteiger partial charge in [0.25, 0.3) is 0 Å². The van der Waals surface area contributed by atoms with Gasteiger partial charge in [-0.2, -0.15) is 0 Å². The zero-order chi connectivity index (χ0) is 16.6. The lowest BCUT2D eigenvalue weighted by Gasteiger charge is -2.38. The molecule has 1 fully saturated rings. The molecule has 2 nitrogen and oxygen atoms in total. The van der Waals surface area contributed by atoms with Crippen molar-refractivity contribution >= 4 is 12.4 Å². The van der Waals surface area contributed by atoms with Gasteiger partial charge in [-0.25, -0.2) is 0 Å². The van der Waals surface area contributed by atoms with Crippen molar-refractivity contribution < 1.29 is 5.11 Å². The van der Waals surface area contributed by atoms with Gasteiger partial charge >= 0.3 is 0 Å². The first-order valence-electron chi connectivity index (χ1n) is 9.33. The number of aliphatic hydroxyl groups excluding tert-OH is 1. The quantitative estimate of drug-likeness (QED) is 0.697. The number of nitrogens with zero attached hydrogens (tertiary/aromatic N) is 1. The number of piperidine rings is 1. The predicted molar refractivity (Wildman–Crippen MR) is 107 cm³/mol. The second-order valence-corrected chi connectivity index (χ2v) is 6.92. The van der Waals surface area contributed by atoms with Gasteiger partial charge in [-0.1, -0.05) is 73.5 Å². The number of hydrogen-bond acceptors (Lipinski definition) is 2. The molecule has 0 atom stereocenters. The maximum Gasteiger partial charge on any atom is 0.0601 e. The number of likely N-dealkylation sites (tertiary alicyclic amines) is 1. The van der Waals surface area contributed by atoms with Crippen LogP contribution in [0.2, 0.25) is 0 Å². The van der Waals surface area contributed by atoms with Crippen LogP contribution in [0.3, 0.4) is 0 Å². The van der Waals surface area contributed by atoms with Gasteiger partial charge in [0.05, 0.1) is 6.04 Å². The highest BCUT2D eigenvalue weighted by molar-refractivity contribution is 5.85. The van der Waals surface area contributed by atoms with Crippen molar-refractivity contribution in [2.24, 2.45) is 5.92 Å². The van der Waals surface area contributed by atoms with Crippen molar-refractivity contribution in [2.75, 3.05) is 19.7 Å². The van der Waals surface area contributed by atoms with Crippen LogP contribution in [0.4, 0.5) is 0 Å². The van der Waals surface area contributed by atoms with E-state index in [1.54, 1.807) is 0 Å². The molecule has 2 aromatic carbocycles. The third-order valence-electron chi connectivity index (χ3n) is 5.27. The summed E-state index contributed by atoms with van der Waals surface area (Å²) in [4.78, 5) is 2.65. The number of benzene rings is 2. The van der Waals surface area contributed by atoms with Gasteiger partial charge in [-0.15, -0.1) is 12.4 Å². The van der Waals surface area contributed by atoms with E-state index in [0.717, 1.165) is 25.4 Å². The number of rotatable bonds is 7. The van der Waals surface area contributed by atoms with Crippen LogP contribution in [0.1, 0.15) is 49.3 Å². The first kappa shape index (κ1) is 20.0. The molecule has 0 aromatic heterocycles. The summed E-state index contributed by atoms with van der Waals surface area (Å²) in [5, 5.41) is 8.95. The molecule has 1 aliphatic heterocycles. The maximum absolute atomic E-state index is 8.95. The second kappa shape index (κ2) is 10.6. The lowest BCUT2D eigenvalue weighted by Crippen LogP contribution is -2.37. The van der Waals surface area contributed by atoms with E-state index in [1.807, 2.05) is 0 Å². The Bertz CT molecular complexity index is 542. The third-order valence-corrected chi connectivity index (χ3v) is 5.27. The molecule has 2 aromatic rings. The van der Waals surface area contributed by atoms with E-state index >= 15 is 0 Å². The van der Waals surface area contributed by atoms with Crippen LogP contribution in [-0.2, 0) is 0 Å². The molecule has 0 bridgehead atoms. The molecule has 1 heterocycles. The summed E-state index contributed by atoms with van der Waals surface area (Å²) in [5.74, 6) is 0.833. The van der Waals surface area contributed by atoms with Crippen molar-refractivity contribution in [1.29, 1.82) is 0 Å². The average Bonchev–Trinajstić information content (AvgIpc) is 2.65. The summed E-state index contributed by atoms with van der Waals surface area (Å²) in [6, 6.07) is 22.2. The molecule has 136 valence electrons. The van der Waals surface area contributed by atoms with Crippen molar-refractivity contribution in [3.05, 3.63) is 71.8 Å². The molecule has 1 saturated heterocycles. The van der Waals surface area contributed by atoms with Gasteiger partial charge < -0.3 is 5.11 Å². The highest BCUT2D eigenvalue weighted by atomic mass is 35.5. The van der Waals surface area contributed by atoms with E-state index in [1.165, 1.54) is 36.8 Å². The average molecular weight is 360 g/mol. The Hall–Kier alpha value is -1.35. The predicted octanol–water partition coefficient (Wildman–Crippen LogP) is 5.07. The van der Waals surface area contributed by atoms with E-state index in [-0.39, 0.29) is 12.4 Å². The Balaban J connectivity index is 0.00000225.